The zero-order valence-electron chi connectivity index (χ0n) is 17.0. The van der Waals surface area contributed by atoms with Gasteiger partial charge in [-0.1, -0.05) is 24.3 Å². The largest absolute Gasteiger partial charge is 0.349 e. The highest BCUT2D eigenvalue weighted by Gasteiger charge is 2.26. The Morgan fingerprint density at radius 2 is 1.84 bits per heavy atom. The molecule has 0 radical (unpaired) electrons. The first-order chi connectivity index (χ1) is 15.2. The van der Waals surface area contributed by atoms with E-state index in [9.17, 15) is 9.59 Å². The van der Waals surface area contributed by atoms with E-state index < -0.39 is 0 Å². The van der Waals surface area contributed by atoms with Gasteiger partial charge in [0.05, 0.1) is 17.4 Å². The Morgan fingerprint density at radius 1 is 1.03 bits per heavy atom. The van der Waals surface area contributed by atoms with E-state index >= 15 is 0 Å². The molecule has 0 spiro atoms. The van der Waals surface area contributed by atoms with Gasteiger partial charge >= 0.3 is 0 Å². The van der Waals surface area contributed by atoms with Crippen LogP contribution in [0.25, 0.3) is 16.5 Å². The molecule has 1 amide bonds. The van der Waals surface area contributed by atoms with Crippen LogP contribution in [-0.2, 0) is 0 Å². The Bertz CT molecular complexity index is 1270. The maximum atomic E-state index is 12.8. The van der Waals surface area contributed by atoms with Crippen LogP contribution in [0.2, 0.25) is 0 Å². The van der Waals surface area contributed by atoms with Crippen molar-refractivity contribution in [2.75, 3.05) is 0 Å². The lowest BCUT2D eigenvalue weighted by atomic mass is 9.82. The highest BCUT2D eigenvalue weighted by atomic mass is 16.1. The number of hydrogen-bond acceptors (Lipinski definition) is 4. The van der Waals surface area contributed by atoms with Crippen molar-refractivity contribution in [1.29, 1.82) is 0 Å². The summed E-state index contributed by atoms with van der Waals surface area (Å²) in [4.78, 5) is 28.9. The molecule has 7 heteroatoms. The van der Waals surface area contributed by atoms with Crippen molar-refractivity contribution in [3.05, 3.63) is 88.9 Å². The van der Waals surface area contributed by atoms with Crippen molar-refractivity contribution in [3.8, 4) is 5.69 Å². The molecule has 1 aliphatic rings. The van der Waals surface area contributed by atoms with E-state index in [1.165, 1.54) is 0 Å². The second kappa shape index (κ2) is 8.18. The molecule has 0 unspecified atom stereocenters. The minimum Gasteiger partial charge on any atom is -0.349 e. The van der Waals surface area contributed by atoms with Crippen LogP contribution in [0.1, 0.15) is 47.7 Å². The van der Waals surface area contributed by atoms with Gasteiger partial charge in [-0.2, -0.15) is 5.10 Å². The van der Waals surface area contributed by atoms with Crippen molar-refractivity contribution in [3.63, 3.8) is 0 Å². The van der Waals surface area contributed by atoms with Crippen LogP contribution in [-0.4, -0.2) is 31.7 Å². The van der Waals surface area contributed by atoms with E-state index in [-0.39, 0.29) is 23.4 Å². The summed E-state index contributed by atoms with van der Waals surface area (Å²) in [7, 11) is 0. The second-order valence-corrected chi connectivity index (χ2v) is 8.03. The fourth-order valence-electron chi connectivity index (χ4n) is 4.45. The zero-order valence-corrected chi connectivity index (χ0v) is 17.0. The number of hydrogen-bond donors (Lipinski definition) is 2. The van der Waals surface area contributed by atoms with E-state index in [0.717, 1.165) is 42.5 Å². The first-order valence-corrected chi connectivity index (χ1v) is 10.6. The number of aromatic nitrogens is 4. The van der Waals surface area contributed by atoms with Crippen LogP contribution in [0.5, 0.6) is 0 Å². The van der Waals surface area contributed by atoms with Crippen LogP contribution in [0, 0.1) is 0 Å². The molecule has 2 heterocycles. The third-order valence-corrected chi connectivity index (χ3v) is 6.09. The standard InChI is InChI=1S/C24H23N5O2/c30-23(17-4-3-5-19(14-17)29-13-12-25-15-29)26-18-10-8-16(9-11-18)22-20-6-1-2-7-21(20)24(31)28-27-22/h1-7,12-16,18H,8-11H2,(H,26,30)(H,28,31). The Labute approximate surface area is 179 Å². The number of amides is 1. The average molecular weight is 413 g/mol. The molecular weight excluding hydrogens is 390 g/mol. The minimum absolute atomic E-state index is 0.0574. The van der Waals surface area contributed by atoms with E-state index in [4.69, 9.17) is 0 Å². The summed E-state index contributed by atoms with van der Waals surface area (Å²) in [6, 6.07) is 15.3. The van der Waals surface area contributed by atoms with Crippen LogP contribution in [0.3, 0.4) is 0 Å². The molecule has 0 atom stereocenters. The molecule has 2 aromatic carbocycles. The first-order valence-electron chi connectivity index (χ1n) is 10.6. The summed E-state index contributed by atoms with van der Waals surface area (Å²) in [5.41, 5.74) is 2.35. The number of fused-ring (bicyclic) bond motifs is 1. The molecule has 0 saturated heterocycles. The zero-order chi connectivity index (χ0) is 21.2. The van der Waals surface area contributed by atoms with Crippen molar-refractivity contribution in [1.82, 2.24) is 25.1 Å². The van der Waals surface area contributed by atoms with Gasteiger partial charge in [0.1, 0.15) is 0 Å². The van der Waals surface area contributed by atoms with Gasteiger partial charge in [0, 0.05) is 41.0 Å². The van der Waals surface area contributed by atoms with Gasteiger partial charge in [-0.25, -0.2) is 10.1 Å². The molecule has 2 aromatic heterocycles. The molecule has 4 aromatic rings. The third kappa shape index (κ3) is 3.86. The highest BCUT2D eigenvalue weighted by Crippen LogP contribution is 2.34. The Balaban J connectivity index is 1.26. The van der Waals surface area contributed by atoms with Crippen molar-refractivity contribution in [2.45, 2.75) is 37.6 Å². The second-order valence-electron chi connectivity index (χ2n) is 8.03. The molecule has 0 aliphatic heterocycles. The number of imidazole rings is 1. The van der Waals surface area contributed by atoms with Crippen LogP contribution in [0.15, 0.2) is 72.0 Å². The maximum Gasteiger partial charge on any atom is 0.272 e. The monoisotopic (exact) mass is 413 g/mol. The molecule has 1 aliphatic carbocycles. The smallest absolute Gasteiger partial charge is 0.272 e. The van der Waals surface area contributed by atoms with Gasteiger partial charge in [0.25, 0.3) is 11.5 Å². The van der Waals surface area contributed by atoms with Crippen molar-refractivity contribution >= 4 is 16.7 Å². The number of aromatic amines is 1. The number of carbonyl (C=O) groups is 1. The lowest BCUT2D eigenvalue weighted by Gasteiger charge is -2.29. The molecule has 31 heavy (non-hydrogen) atoms. The summed E-state index contributed by atoms with van der Waals surface area (Å²) >= 11 is 0. The molecule has 1 fully saturated rings. The quantitative estimate of drug-likeness (QED) is 0.535. The Morgan fingerprint density at radius 3 is 2.61 bits per heavy atom. The fourth-order valence-corrected chi connectivity index (χ4v) is 4.45. The summed E-state index contributed by atoms with van der Waals surface area (Å²) in [5, 5.41) is 11.8. The van der Waals surface area contributed by atoms with Crippen molar-refractivity contribution in [2.24, 2.45) is 0 Å². The topological polar surface area (TPSA) is 92.7 Å². The van der Waals surface area contributed by atoms with E-state index in [0.29, 0.717) is 10.9 Å². The number of nitrogens with zero attached hydrogens (tertiary/aromatic N) is 3. The lowest BCUT2D eigenvalue weighted by molar-refractivity contribution is 0.0925. The molecule has 156 valence electrons. The normalized spacial score (nSPS) is 18.7. The summed E-state index contributed by atoms with van der Waals surface area (Å²) < 4.78 is 1.88. The lowest BCUT2D eigenvalue weighted by Crippen LogP contribution is -2.37. The predicted molar refractivity (Wildman–Crippen MR) is 118 cm³/mol. The minimum atomic E-state index is -0.154. The SMILES string of the molecule is O=C(NC1CCC(c2n[nH]c(=O)c3ccccc23)CC1)c1cccc(-n2ccnc2)c1. The van der Waals surface area contributed by atoms with Gasteiger partial charge in [0.2, 0.25) is 0 Å². The maximum absolute atomic E-state index is 12.8. The summed E-state index contributed by atoms with van der Waals surface area (Å²) in [6.45, 7) is 0. The Hall–Kier alpha value is -3.74. The van der Waals surface area contributed by atoms with Gasteiger partial charge in [-0.15, -0.1) is 0 Å². The highest BCUT2D eigenvalue weighted by molar-refractivity contribution is 5.95. The molecule has 5 rings (SSSR count). The van der Waals surface area contributed by atoms with Crippen molar-refractivity contribution < 1.29 is 4.79 Å². The Kier molecular flexibility index (Phi) is 5.08. The number of benzene rings is 2. The fraction of sp³-hybridized carbons (Fsp3) is 0.250. The summed E-state index contributed by atoms with van der Waals surface area (Å²) in [6.07, 6.45) is 8.89. The molecule has 2 N–H and O–H groups in total. The first kappa shape index (κ1) is 19.2. The number of rotatable bonds is 4. The number of carbonyl (C=O) groups excluding carboxylic acids is 1. The molecule has 0 bridgehead atoms. The third-order valence-electron chi connectivity index (χ3n) is 6.09. The number of nitrogens with one attached hydrogen (secondary N) is 2. The van der Waals surface area contributed by atoms with Gasteiger partial charge < -0.3 is 9.88 Å². The van der Waals surface area contributed by atoms with Gasteiger partial charge in [0.15, 0.2) is 0 Å². The predicted octanol–water partition coefficient (Wildman–Crippen LogP) is 3.57. The average Bonchev–Trinajstić information content (AvgIpc) is 3.36. The van der Waals surface area contributed by atoms with Gasteiger partial charge in [-0.3, -0.25) is 9.59 Å². The summed E-state index contributed by atoms with van der Waals surface area (Å²) in [5.74, 6) is 0.220. The molecule has 1 saturated carbocycles. The van der Waals surface area contributed by atoms with E-state index in [2.05, 4.69) is 20.5 Å². The van der Waals surface area contributed by atoms with E-state index in [1.807, 2.05) is 59.3 Å². The van der Waals surface area contributed by atoms with Crippen LogP contribution >= 0.6 is 0 Å². The molecular formula is C24H23N5O2. The number of H-pyrrole nitrogens is 1. The van der Waals surface area contributed by atoms with E-state index in [1.54, 1.807) is 12.5 Å². The van der Waals surface area contributed by atoms with Crippen LogP contribution in [0.4, 0.5) is 0 Å². The van der Waals surface area contributed by atoms with Crippen LogP contribution < -0.4 is 10.9 Å². The van der Waals surface area contributed by atoms with Gasteiger partial charge in [-0.05, 0) is 49.9 Å². The molecule has 7 nitrogen and oxygen atoms in total.